The molecule has 0 bridgehead atoms. The van der Waals surface area contributed by atoms with E-state index in [2.05, 4.69) is 71.2 Å². The summed E-state index contributed by atoms with van der Waals surface area (Å²) in [7, 11) is 0. The molecule has 0 aliphatic rings. The van der Waals surface area contributed by atoms with Crippen LogP contribution in [0.1, 0.15) is 5.56 Å². The Kier molecular flexibility index (Phi) is 4.82. The van der Waals surface area contributed by atoms with Crippen LogP contribution >= 0.6 is 0 Å². The van der Waals surface area contributed by atoms with Crippen LogP contribution in [0.2, 0.25) is 0 Å². The number of terminal acetylenes is 1. The number of anilines is 1. The van der Waals surface area contributed by atoms with Gasteiger partial charge in [-0.25, -0.2) is 0 Å². The summed E-state index contributed by atoms with van der Waals surface area (Å²) in [5, 5.41) is 2.54. The number of para-hydroxylation sites is 3. The van der Waals surface area contributed by atoms with Crippen molar-refractivity contribution in [1.29, 1.82) is 0 Å². The predicted octanol–water partition coefficient (Wildman–Crippen LogP) is 6.03. The fraction of sp³-hybridized carbons (Fsp3) is 0. The van der Waals surface area contributed by atoms with Crippen LogP contribution in [0.5, 0.6) is 0 Å². The van der Waals surface area contributed by atoms with Crippen LogP contribution in [0, 0.1) is 12.3 Å². The first-order valence-electron chi connectivity index (χ1n) is 9.13. The van der Waals surface area contributed by atoms with E-state index in [9.17, 15) is 0 Å². The zero-order valence-electron chi connectivity index (χ0n) is 15.4. The van der Waals surface area contributed by atoms with Gasteiger partial charge in [0.15, 0.2) is 0 Å². The number of hydrogen-bond donors (Lipinski definition) is 1. The van der Waals surface area contributed by atoms with Crippen molar-refractivity contribution in [2.75, 3.05) is 5.73 Å². The third kappa shape index (κ3) is 3.34. The summed E-state index contributed by atoms with van der Waals surface area (Å²) in [6, 6.07) is 34.6. The standard InChI is InChI=1S/C20H13N.C6H7N/c1-2-15-11-13-16(14-12-15)21-19-9-5-3-7-17(19)18-8-4-6-10-20(18)21;7-6-4-2-1-3-5-6/h1,3-14H;1-5H,7H2. The summed E-state index contributed by atoms with van der Waals surface area (Å²) in [5.41, 5.74) is 10.6. The van der Waals surface area contributed by atoms with Gasteiger partial charge in [-0.3, -0.25) is 0 Å². The van der Waals surface area contributed by atoms with E-state index >= 15 is 0 Å². The SMILES string of the molecule is C#Cc1ccc(-n2c3ccccc3c3ccccc32)cc1.Nc1ccccc1. The van der Waals surface area contributed by atoms with Gasteiger partial charge in [-0.1, -0.05) is 60.5 Å². The maximum atomic E-state index is 5.44. The molecule has 0 saturated carbocycles. The summed E-state index contributed by atoms with van der Waals surface area (Å²) >= 11 is 0. The van der Waals surface area contributed by atoms with Crippen LogP contribution < -0.4 is 5.73 Å². The van der Waals surface area contributed by atoms with Gasteiger partial charge < -0.3 is 10.3 Å². The van der Waals surface area contributed by atoms with Crippen molar-refractivity contribution in [3.63, 3.8) is 0 Å². The molecule has 0 saturated heterocycles. The smallest absolute Gasteiger partial charge is 0.0541 e. The summed E-state index contributed by atoms with van der Waals surface area (Å²) < 4.78 is 2.28. The molecular formula is C26H20N2. The molecule has 0 amide bonds. The molecular weight excluding hydrogens is 340 g/mol. The van der Waals surface area contributed by atoms with Crippen molar-refractivity contribution in [1.82, 2.24) is 4.57 Å². The molecule has 0 aliphatic heterocycles. The van der Waals surface area contributed by atoms with E-state index in [1.807, 2.05) is 42.5 Å². The summed E-state index contributed by atoms with van der Waals surface area (Å²) in [5.74, 6) is 2.66. The molecule has 0 atom stereocenters. The molecule has 1 heterocycles. The Labute approximate surface area is 164 Å². The highest BCUT2D eigenvalue weighted by molar-refractivity contribution is 6.09. The predicted molar refractivity (Wildman–Crippen MR) is 120 cm³/mol. The number of fused-ring (bicyclic) bond motifs is 3. The molecule has 2 nitrogen and oxygen atoms in total. The lowest BCUT2D eigenvalue weighted by Crippen LogP contribution is -1.93. The van der Waals surface area contributed by atoms with Gasteiger partial charge in [0.1, 0.15) is 0 Å². The molecule has 5 rings (SSSR count). The first-order valence-corrected chi connectivity index (χ1v) is 9.13. The van der Waals surface area contributed by atoms with Crippen LogP contribution in [0.25, 0.3) is 27.5 Å². The number of rotatable bonds is 1. The molecule has 134 valence electrons. The molecule has 2 heteroatoms. The fourth-order valence-electron chi connectivity index (χ4n) is 3.36. The first kappa shape index (κ1) is 17.5. The Morgan fingerprint density at radius 2 is 1.11 bits per heavy atom. The van der Waals surface area contributed by atoms with Crippen molar-refractivity contribution in [3.8, 4) is 18.0 Å². The van der Waals surface area contributed by atoms with Crippen LogP contribution in [0.3, 0.4) is 0 Å². The molecule has 0 aliphatic carbocycles. The largest absolute Gasteiger partial charge is 0.399 e. The Bertz CT molecular complexity index is 1200. The minimum absolute atomic E-state index is 0.822. The van der Waals surface area contributed by atoms with E-state index in [1.165, 1.54) is 21.8 Å². The van der Waals surface area contributed by atoms with Gasteiger partial charge in [0.2, 0.25) is 0 Å². The second-order valence-electron chi connectivity index (χ2n) is 6.47. The summed E-state index contributed by atoms with van der Waals surface area (Å²) in [6.07, 6.45) is 5.44. The highest BCUT2D eigenvalue weighted by atomic mass is 15.0. The highest BCUT2D eigenvalue weighted by Crippen LogP contribution is 2.31. The molecule has 2 N–H and O–H groups in total. The molecule has 0 spiro atoms. The van der Waals surface area contributed by atoms with Gasteiger partial charge in [0.25, 0.3) is 0 Å². The molecule has 4 aromatic carbocycles. The normalized spacial score (nSPS) is 10.2. The van der Waals surface area contributed by atoms with Crippen LogP contribution in [0.15, 0.2) is 103 Å². The second-order valence-corrected chi connectivity index (χ2v) is 6.47. The Balaban J connectivity index is 0.000000233. The first-order chi connectivity index (χ1) is 13.8. The summed E-state index contributed by atoms with van der Waals surface area (Å²) in [4.78, 5) is 0. The number of nitrogen functional groups attached to an aromatic ring is 1. The minimum atomic E-state index is 0.822. The van der Waals surface area contributed by atoms with Gasteiger partial charge in [0, 0.05) is 27.7 Å². The quantitative estimate of drug-likeness (QED) is 0.287. The third-order valence-electron chi connectivity index (χ3n) is 4.67. The third-order valence-corrected chi connectivity index (χ3v) is 4.67. The average Bonchev–Trinajstić information content (AvgIpc) is 3.09. The summed E-state index contributed by atoms with van der Waals surface area (Å²) in [6.45, 7) is 0. The Hall–Kier alpha value is -3.96. The molecule has 0 fully saturated rings. The van der Waals surface area contributed by atoms with E-state index in [0.29, 0.717) is 0 Å². The van der Waals surface area contributed by atoms with E-state index in [0.717, 1.165) is 16.9 Å². The lowest BCUT2D eigenvalue weighted by molar-refractivity contribution is 1.18. The number of nitrogens with zero attached hydrogens (tertiary/aromatic N) is 1. The topological polar surface area (TPSA) is 30.9 Å². The fourth-order valence-corrected chi connectivity index (χ4v) is 3.36. The molecule has 1 aromatic heterocycles. The number of nitrogens with two attached hydrogens (primary N) is 1. The second kappa shape index (κ2) is 7.73. The van der Waals surface area contributed by atoms with Gasteiger partial charge in [-0.05, 0) is 48.5 Å². The molecule has 5 aromatic rings. The molecule has 28 heavy (non-hydrogen) atoms. The van der Waals surface area contributed by atoms with Crippen molar-refractivity contribution in [3.05, 3.63) is 109 Å². The molecule has 0 radical (unpaired) electrons. The zero-order valence-corrected chi connectivity index (χ0v) is 15.4. The van der Waals surface area contributed by atoms with Gasteiger partial charge in [-0.2, -0.15) is 0 Å². The van der Waals surface area contributed by atoms with Gasteiger partial charge >= 0.3 is 0 Å². The van der Waals surface area contributed by atoms with E-state index < -0.39 is 0 Å². The zero-order chi connectivity index (χ0) is 19.3. The van der Waals surface area contributed by atoms with Gasteiger partial charge in [0.05, 0.1) is 11.0 Å². The van der Waals surface area contributed by atoms with Crippen molar-refractivity contribution in [2.45, 2.75) is 0 Å². The lowest BCUT2D eigenvalue weighted by atomic mass is 10.2. The van der Waals surface area contributed by atoms with Crippen LogP contribution in [0.4, 0.5) is 5.69 Å². The highest BCUT2D eigenvalue weighted by Gasteiger charge is 2.10. The molecule has 0 unspecified atom stereocenters. The Morgan fingerprint density at radius 1 is 0.607 bits per heavy atom. The van der Waals surface area contributed by atoms with Crippen molar-refractivity contribution >= 4 is 27.5 Å². The lowest BCUT2D eigenvalue weighted by Gasteiger charge is -2.07. The van der Waals surface area contributed by atoms with E-state index in [4.69, 9.17) is 12.2 Å². The Morgan fingerprint density at radius 3 is 1.57 bits per heavy atom. The van der Waals surface area contributed by atoms with Crippen molar-refractivity contribution < 1.29 is 0 Å². The van der Waals surface area contributed by atoms with Crippen LogP contribution in [-0.2, 0) is 0 Å². The monoisotopic (exact) mass is 360 g/mol. The van der Waals surface area contributed by atoms with Crippen molar-refractivity contribution in [2.24, 2.45) is 0 Å². The maximum absolute atomic E-state index is 5.44. The van der Waals surface area contributed by atoms with E-state index in [-0.39, 0.29) is 0 Å². The number of hydrogen-bond acceptors (Lipinski definition) is 1. The number of benzene rings is 4. The van der Waals surface area contributed by atoms with Gasteiger partial charge in [-0.15, -0.1) is 6.42 Å². The number of aromatic nitrogens is 1. The minimum Gasteiger partial charge on any atom is -0.399 e. The average molecular weight is 360 g/mol. The van der Waals surface area contributed by atoms with Crippen LogP contribution in [-0.4, -0.2) is 4.57 Å². The van der Waals surface area contributed by atoms with E-state index in [1.54, 1.807) is 0 Å². The maximum Gasteiger partial charge on any atom is 0.0541 e.